The van der Waals surface area contributed by atoms with Gasteiger partial charge in [0.05, 0.1) is 5.41 Å². The van der Waals surface area contributed by atoms with Crippen LogP contribution in [-0.2, 0) is 26.7 Å². The fourth-order valence-electron chi connectivity index (χ4n) is 4.00. The van der Waals surface area contributed by atoms with Crippen LogP contribution in [0, 0.1) is 13.8 Å². The Morgan fingerprint density at radius 3 is 2.34 bits per heavy atom. The van der Waals surface area contributed by atoms with Crippen LogP contribution in [0.15, 0.2) is 64.0 Å². The van der Waals surface area contributed by atoms with Gasteiger partial charge in [-0.05, 0) is 62.8 Å². The molecule has 1 saturated carbocycles. The molecule has 0 bridgehead atoms. The van der Waals surface area contributed by atoms with Gasteiger partial charge in [-0.2, -0.15) is 0 Å². The lowest BCUT2D eigenvalue weighted by molar-refractivity contribution is -0.123. The molecule has 0 saturated heterocycles. The summed E-state index contributed by atoms with van der Waals surface area (Å²) in [4.78, 5) is 12.9. The molecule has 2 N–H and O–H groups in total. The van der Waals surface area contributed by atoms with E-state index in [1.165, 1.54) is 5.56 Å². The van der Waals surface area contributed by atoms with Crippen LogP contribution in [0.5, 0.6) is 0 Å². The molecule has 4 rings (SSSR count). The number of carbonyl (C=O) groups excluding carboxylic acids is 1. The molecule has 0 radical (unpaired) electrons. The highest BCUT2D eigenvalue weighted by Gasteiger charge is 2.51. The van der Waals surface area contributed by atoms with Gasteiger partial charge < -0.3 is 9.84 Å². The zero-order chi connectivity index (χ0) is 22.8. The molecule has 0 aliphatic heterocycles. The number of aryl methyl sites for hydroxylation is 3. The first-order chi connectivity index (χ1) is 15.3. The van der Waals surface area contributed by atoms with E-state index in [9.17, 15) is 13.2 Å². The third kappa shape index (κ3) is 4.55. The third-order valence-electron chi connectivity index (χ3n) is 5.88. The van der Waals surface area contributed by atoms with Crippen molar-refractivity contribution in [1.29, 1.82) is 0 Å². The summed E-state index contributed by atoms with van der Waals surface area (Å²) in [5.41, 5.74) is 2.39. The molecule has 8 heteroatoms. The number of nitrogens with one attached hydrogen (secondary N) is 2. The van der Waals surface area contributed by atoms with E-state index in [2.05, 4.69) is 27.3 Å². The standard InChI is InChI=1S/C24H27N3O4S/c1-17-22(18(2)31-26-17)32(29,30)27-21-12-10-20(11-13-21)24(14-15-24)23(28)25-16-6-9-19-7-4-3-5-8-19/h3-5,7-8,10-13,27H,6,9,14-16H2,1-2H3,(H,25,28). The minimum Gasteiger partial charge on any atom is -0.360 e. The lowest BCUT2D eigenvalue weighted by Crippen LogP contribution is -2.35. The van der Waals surface area contributed by atoms with Gasteiger partial charge in [-0.1, -0.05) is 47.6 Å². The second-order valence-corrected chi connectivity index (χ2v) is 9.88. The van der Waals surface area contributed by atoms with Gasteiger partial charge in [0.2, 0.25) is 5.91 Å². The molecule has 1 aromatic heterocycles. The van der Waals surface area contributed by atoms with E-state index in [0.29, 0.717) is 17.9 Å². The van der Waals surface area contributed by atoms with E-state index in [-0.39, 0.29) is 16.6 Å². The Labute approximate surface area is 188 Å². The SMILES string of the molecule is Cc1noc(C)c1S(=O)(=O)Nc1ccc(C2(C(=O)NCCCc3ccccc3)CC2)cc1. The molecule has 3 aromatic rings. The van der Waals surface area contributed by atoms with E-state index in [0.717, 1.165) is 31.2 Å². The minimum atomic E-state index is -3.80. The molecule has 0 unspecified atom stereocenters. The lowest BCUT2D eigenvalue weighted by atomic mass is 9.94. The van der Waals surface area contributed by atoms with Gasteiger partial charge >= 0.3 is 0 Å². The number of hydrogen-bond acceptors (Lipinski definition) is 5. The highest BCUT2D eigenvalue weighted by Crippen LogP contribution is 2.48. The molecule has 0 spiro atoms. The maximum Gasteiger partial charge on any atom is 0.267 e. The number of rotatable bonds is 9. The summed E-state index contributed by atoms with van der Waals surface area (Å²) >= 11 is 0. The largest absolute Gasteiger partial charge is 0.360 e. The average Bonchev–Trinajstić information content (AvgIpc) is 3.51. The molecule has 1 fully saturated rings. The van der Waals surface area contributed by atoms with Crippen LogP contribution in [0.25, 0.3) is 0 Å². The van der Waals surface area contributed by atoms with Gasteiger partial charge in [-0.15, -0.1) is 0 Å². The number of amides is 1. The quantitative estimate of drug-likeness (QED) is 0.479. The summed E-state index contributed by atoms with van der Waals surface area (Å²) in [6.07, 6.45) is 3.39. The van der Waals surface area contributed by atoms with Crippen LogP contribution in [-0.4, -0.2) is 26.0 Å². The first-order valence-corrected chi connectivity index (χ1v) is 12.2. The summed E-state index contributed by atoms with van der Waals surface area (Å²) in [6, 6.07) is 17.2. The predicted octanol–water partition coefficient (Wildman–Crippen LogP) is 3.87. The first-order valence-electron chi connectivity index (χ1n) is 10.7. The Balaban J connectivity index is 1.36. The van der Waals surface area contributed by atoms with E-state index >= 15 is 0 Å². The van der Waals surface area contributed by atoms with Crippen LogP contribution < -0.4 is 10.0 Å². The van der Waals surface area contributed by atoms with Gasteiger partial charge in [0.25, 0.3) is 10.0 Å². The molecular weight excluding hydrogens is 426 g/mol. The minimum absolute atomic E-state index is 0.0367. The zero-order valence-corrected chi connectivity index (χ0v) is 19.0. The van der Waals surface area contributed by atoms with Crippen molar-refractivity contribution in [3.8, 4) is 0 Å². The van der Waals surface area contributed by atoms with E-state index in [1.807, 2.05) is 30.3 Å². The maximum atomic E-state index is 12.8. The number of sulfonamides is 1. The second-order valence-electron chi connectivity index (χ2n) is 8.26. The van der Waals surface area contributed by atoms with Crippen molar-refractivity contribution in [3.63, 3.8) is 0 Å². The Morgan fingerprint density at radius 1 is 1.06 bits per heavy atom. The smallest absolute Gasteiger partial charge is 0.267 e. The van der Waals surface area contributed by atoms with Crippen LogP contribution in [0.2, 0.25) is 0 Å². The Morgan fingerprint density at radius 2 is 1.75 bits per heavy atom. The molecule has 7 nitrogen and oxygen atoms in total. The second kappa shape index (κ2) is 8.78. The number of hydrogen-bond donors (Lipinski definition) is 2. The summed E-state index contributed by atoms with van der Waals surface area (Å²) < 4.78 is 32.9. The van der Waals surface area contributed by atoms with Gasteiger partial charge in [0.1, 0.15) is 5.69 Å². The molecule has 1 heterocycles. The van der Waals surface area contributed by atoms with Crippen molar-refractivity contribution < 1.29 is 17.7 Å². The first kappa shape index (κ1) is 22.1. The van der Waals surface area contributed by atoms with Crippen molar-refractivity contribution in [2.75, 3.05) is 11.3 Å². The Kier molecular flexibility index (Phi) is 6.06. The van der Waals surface area contributed by atoms with Gasteiger partial charge in [-0.25, -0.2) is 8.42 Å². The number of anilines is 1. The third-order valence-corrected chi connectivity index (χ3v) is 7.51. The van der Waals surface area contributed by atoms with Gasteiger partial charge in [0, 0.05) is 12.2 Å². The average molecular weight is 454 g/mol. The van der Waals surface area contributed by atoms with Crippen molar-refractivity contribution in [3.05, 3.63) is 77.2 Å². The summed E-state index contributed by atoms with van der Waals surface area (Å²) in [5.74, 6) is 0.280. The molecule has 1 aliphatic rings. The number of carbonyl (C=O) groups is 1. The van der Waals surface area contributed by atoms with E-state index < -0.39 is 15.4 Å². The van der Waals surface area contributed by atoms with E-state index in [1.54, 1.807) is 26.0 Å². The monoisotopic (exact) mass is 453 g/mol. The summed E-state index contributed by atoms with van der Waals surface area (Å²) in [7, 11) is -3.80. The molecule has 2 aromatic carbocycles. The zero-order valence-electron chi connectivity index (χ0n) is 18.2. The van der Waals surface area contributed by atoms with Crippen molar-refractivity contribution >= 4 is 21.6 Å². The van der Waals surface area contributed by atoms with Crippen molar-refractivity contribution in [1.82, 2.24) is 10.5 Å². The van der Waals surface area contributed by atoms with Crippen LogP contribution in [0.4, 0.5) is 5.69 Å². The highest BCUT2D eigenvalue weighted by atomic mass is 32.2. The fraction of sp³-hybridized carbons (Fsp3) is 0.333. The van der Waals surface area contributed by atoms with E-state index in [4.69, 9.17) is 4.52 Å². The van der Waals surface area contributed by atoms with Gasteiger partial charge in [0.15, 0.2) is 10.7 Å². The van der Waals surface area contributed by atoms with Crippen molar-refractivity contribution in [2.45, 2.75) is 49.8 Å². The molecule has 1 amide bonds. The lowest BCUT2D eigenvalue weighted by Gasteiger charge is -2.17. The Hall–Kier alpha value is -3.13. The molecule has 168 valence electrons. The highest BCUT2D eigenvalue weighted by molar-refractivity contribution is 7.92. The molecule has 32 heavy (non-hydrogen) atoms. The molecule has 0 atom stereocenters. The van der Waals surface area contributed by atoms with Crippen LogP contribution in [0.3, 0.4) is 0 Å². The Bertz CT molecular complexity index is 1180. The summed E-state index contributed by atoms with van der Waals surface area (Å²) in [5, 5.41) is 6.78. The predicted molar refractivity (Wildman–Crippen MR) is 122 cm³/mol. The topological polar surface area (TPSA) is 101 Å². The van der Waals surface area contributed by atoms with Crippen LogP contribution in [0.1, 0.15) is 41.8 Å². The van der Waals surface area contributed by atoms with Crippen molar-refractivity contribution in [2.24, 2.45) is 0 Å². The number of nitrogens with zero attached hydrogens (tertiary/aromatic N) is 1. The van der Waals surface area contributed by atoms with Gasteiger partial charge in [-0.3, -0.25) is 9.52 Å². The molecule has 1 aliphatic carbocycles. The van der Waals surface area contributed by atoms with Crippen LogP contribution >= 0.6 is 0 Å². The maximum absolute atomic E-state index is 12.8. The summed E-state index contributed by atoms with van der Waals surface area (Å²) in [6.45, 7) is 3.78. The number of benzene rings is 2. The molecular formula is C24H27N3O4S. The normalized spacial score (nSPS) is 14.7. The fourth-order valence-corrected chi connectivity index (χ4v) is 5.39. The number of aromatic nitrogens is 1.